The second-order valence-electron chi connectivity index (χ2n) is 9.87. The molecule has 0 aliphatic carbocycles. The van der Waals surface area contributed by atoms with Gasteiger partial charge in [0.1, 0.15) is 5.76 Å². The number of Topliss-reactive ketones (excluding diaryl/α,β-unsaturated/α-hetero) is 1. The van der Waals surface area contributed by atoms with Gasteiger partial charge in [-0.1, -0.05) is 18.2 Å². The molecule has 1 atom stereocenters. The van der Waals surface area contributed by atoms with Crippen LogP contribution in [0, 0.1) is 0 Å². The van der Waals surface area contributed by atoms with Crippen LogP contribution in [-0.4, -0.2) is 106 Å². The second kappa shape index (κ2) is 9.87. The summed E-state index contributed by atoms with van der Waals surface area (Å²) in [5.41, 5.74) is -1.13. The van der Waals surface area contributed by atoms with Crippen LogP contribution in [-0.2, 0) is 34.7 Å². The third-order valence-electron chi connectivity index (χ3n) is 7.59. The number of benzene rings is 2. The van der Waals surface area contributed by atoms with Gasteiger partial charge in [0, 0.05) is 64.1 Å². The van der Waals surface area contributed by atoms with E-state index in [1.807, 2.05) is 0 Å². The van der Waals surface area contributed by atoms with Crippen LogP contribution in [0.25, 0.3) is 5.76 Å². The Morgan fingerprint density at radius 3 is 2.28 bits per heavy atom. The lowest BCUT2D eigenvalue weighted by Crippen LogP contribution is -2.53. The number of ether oxygens (including phenoxy) is 1. The largest absolute Gasteiger partial charge is 0.507 e. The summed E-state index contributed by atoms with van der Waals surface area (Å²) < 4.78 is 31.5. The van der Waals surface area contributed by atoms with Gasteiger partial charge in [-0.15, -0.1) is 0 Å². The molecule has 11 nitrogen and oxygen atoms in total. The number of amides is 2. The van der Waals surface area contributed by atoms with Crippen LogP contribution in [0.5, 0.6) is 0 Å². The first-order valence-corrected chi connectivity index (χ1v) is 14.0. The van der Waals surface area contributed by atoms with E-state index in [0.29, 0.717) is 44.1 Å². The molecule has 1 unspecified atom stereocenters. The predicted molar refractivity (Wildman–Crippen MR) is 142 cm³/mol. The Labute approximate surface area is 226 Å². The summed E-state index contributed by atoms with van der Waals surface area (Å²) in [6.45, 7) is 2.90. The van der Waals surface area contributed by atoms with Crippen LogP contribution in [0.3, 0.4) is 0 Å². The molecule has 0 aromatic heterocycles. The fourth-order valence-corrected chi connectivity index (χ4v) is 6.38. The number of fused-ring (bicyclic) bond motifs is 2. The van der Waals surface area contributed by atoms with Crippen LogP contribution in [0.4, 0.5) is 5.69 Å². The van der Waals surface area contributed by atoms with Crippen molar-refractivity contribution in [2.75, 3.05) is 65.4 Å². The van der Waals surface area contributed by atoms with E-state index in [1.54, 1.807) is 31.3 Å². The maximum atomic E-state index is 14.1. The number of ketones is 1. The Balaban J connectivity index is 1.66. The Bertz CT molecular complexity index is 1480. The molecule has 2 saturated heterocycles. The number of anilines is 1. The van der Waals surface area contributed by atoms with Gasteiger partial charge in [0.05, 0.1) is 23.7 Å². The van der Waals surface area contributed by atoms with Gasteiger partial charge in [0.2, 0.25) is 10.0 Å². The number of hydrogen-bond donors (Lipinski definition) is 1. The summed E-state index contributed by atoms with van der Waals surface area (Å²) in [7, 11) is 0.644. The lowest BCUT2D eigenvalue weighted by atomic mass is 9.82. The first-order valence-electron chi connectivity index (χ1n) is 12.5. The van der Waals surface area contributed by atoms with Gasteiger partial charge >= 0.3 is 0 Å². The van der Waals surface area contributed by atoms with E-state index < -0.39 is 38.9 Å². The Morgan fingerprint density at radius 2 is 1.64 bits per heavy atom. The molecule has 0 saturated carbocycles. The molecule has 3 aliphatic rings. The number of sulfonamides is 1. The number of rotatable bonds is 6. The number of aliphatic hydroxyl groups excluding tert-OH is 1. The molecule has 5 rings (SSSR count). The van der Waals surface area contributed by atoms with Gasteiger partial charge in [-0.25, -0.2) is 12.7 Å². The van der Waals surface area contributed by atoms with Gasteiger partial charge in [-0.2, -0.15) is 0 Å². The molecule has 1 spiro atoms. The third-order valence-corrected chi connectivity index (χ3v) is 9.42. The minimum atomic E-state index is -3.73. The van der Waals surface area contributed by atoms with E-state index in [9.17, 15) is 27.9 Å². The minimum Gasteiger partial charge on any atom is -0.507 e. The zero-order valence-electron chi connectivity index (χ0n) is 22.0. The summed E-state index contributed by atoms with van der Waals surface area (Å²) >= 11 is 0. The van der Waals surface area contributed by atoms with Crippen LogP contribution in [0.2, 0.25) is 0 Å². The summed E-state index contributed by atoms with van der Waals surface area (Å²) in [5, 5.41) is 11.5. The van der Waals surface area contributed by atoms with Crippen molar-refractivity contribution < 1.29 is 32.6 Å². The summed E-state index contributed by atoms with van der Waals surface area (Å²) in [6.07, 6.45) is 0. The monoisotopic (exact) mass is 554 g/mol. The van der Waals surface area contributed by atoms with Crippen molar-refractivity contribution in [1.29, 1.82) is 0 Å². The molecule has 206 valence electrons. The molecule has 2 aromatic carbocycles. The lowest BCUT2D eigenvalue weighted by molar-refractivity contribution is -0.144. The summed E-state index contributed by atoms with van der Waals surface area (Å²) in [4.78, 5) is 46.0. The molecular weight excluding hydrogens is 524 g/mol. The topological polar surface area (TPSA) is 128 Å². The summed E-state index contributed by atoms with van der Waals surface area (Å²) in [5.74, 6) is -2.93. The first-order chi connectivity index (χ1) is 18.5. The van der Waals surface area contributed by atoms with Gasteiger partial charge in [0.25, 0.3) is 17.6 Å². The Kier molecular flexibility index (Phi) is 6.83. The van der Waals surface area contributed by atoms with Crippen molar-refractivity contribution in [3.05, 3.63) is 65.2 Å². The molecule has 0 radical (unpaired) electrons. The quantitative estimate of drug-likeness (QED) is 0.316. The fourth-order valence-electron chi connectivity index (χ4n) is 5.48. The van der Waals surface area contributed by atoms with Crippen LogP contribution < -0.4 is 4.90 Å². The van der Waals surface area contributed by atoms with E-state index in [1.165, 1.54) is 48.2 Å². The number of hydrogen-bond acceptors (Lipinski definition) is 8. The number of nitrogens with zero attached hydrogens (tertiary/aromatic N) is 4. The molecule has 2 fully saturated rings. The molecule has 39 heavy (non-hydrogen) atoms. The highest BCUT2D eigenvalue weighted by atomic mass is 32.2. The second-order valence-corrected chi connectivity index (χ2v) is 12.0. The average molecular weight is 555 g/mol. The smallest absolute Gasteiger partial charge is 0.296 e. The minimum absolute atomic E-state index is 0.00764. The average Bonchev–Trinajstić information content (AvgIpc) is 3.30. The van der Waals surface area contributed by atoms with Gasteiger partial charge in [-0.05, 0) is 30.3 Å². The maximum absolute atomic E-state index is 14.1. The maximum Gasteiger partial charge on any atom is 0.296 e. The van der Waals surface area contributed by atoms with Crippen LogP contribution >= 0.6 is 0 Å². The molecule has 2 aromatic rings. The standard InChI is InChI=1S/C27H30N4O7S/c1-28(2)39(36,37)19-10-8-18(9-11-19)23(32)22-24(33)25(34)31(13-12-30-14-16-38-17-15-30)27(22)20-6-4-5-7-21(20)29(3)26(27)35/h4-11,32H,12-17H2,1-3H3/b23-22-. The number of carbonyl (C=O) groups is 3. The Morgan fingerprint density at radius 1 is 1.00 bits per heavy atom. The van der Waals surface area contributed by atoms with Gasteiger partial charge in [-0.3, -0.25) is 19.3 Å². The molecule has 2 amide bonds. The third kappa shape index (κ3) is 4.06. The van der Waals surface area contributed by atoms with E-state index in [4.69, 9.17) is 4.74 Å². The van der Waals surface area contributed by atoms with Crippen LogP contribution in [0.15, 0.2) is 59.0 Å². The number of para-hydroxylation sites is 1. The SMILES string of the molecule is CN1C(=O)C2(/C(=C(\O)c3ccc(S(=O)(=O)N(C)C)cc3)C(=O)C(=O)N2CCN2CCOCC2)c2ccccc21. The molecule has 3 aliphatic heterocycles. The predicted octanol–water partition coefficient (Wildman–Crippen LogP) is 0.821. The lowest BCUT2D eigenvalue weighted by Gasteiger charge is -2.36. The zero-order chi connectivity index (χ0) is 28.1. The molecule has 3 heterocycles. The number of likely N-dealkylation sites (N-methyl/N-ethyl adjacent to an activating group) is 1. The number of morpholine rings is 1. The number of carbonyl (C=O) groups excluding carboxylic acids is 3. The highest BCUT2D eigenvalue weighted by Gasteiger charge is 2.66. The normalized spacial score (nSPS) is 23.3. The summed E-state index contributed by atoms with van der Waals surface area (Å²) in [6, 6.07) is 12.2. The van der Waals surface area contributed by atoms with Crippen molar-refractivity contribution in [2.45, 2.75) is 10.4 Å². The van der Waals surface area contributed by atoms with Crippen LogP contribution in [0.1, 0.15) is 11.1 Å². The van der Waals surface area contributed by atoms with Crippen molar-refractivity contribution >= 4 is 39.1 Å². The molecule has 1 N–H and O–H groups in total. The first kappa shape index (κ1) is 27.0. The molecule has 0 bridgehead atoms. The fraction of sp³-hybridized carbons (Fsp3) is 0.370. The van der Waals surface area contributed by atoms with Gasteiger partial charge in [0.15, 0.2) is 5.54 Å². The molecule has 12 heteroatoms. The Hall–Kier alpha value is -3.58. The number of likely N-dealkylation sites (tertiary alicyclic amines) is 1. The zero-order valence-corrected chi connectivity index (χ0v) is 22.8. The number of aliphatic hydroxyl groups is 1. The van der Waals surface area contributed by atoms with Crippen molar-refractivity contribution in [1.82, 2.24) is 14.1 Å². The van der Waals surface area contributed by atoms with Gasteiger partial charge < -0.3 is 19.6 Å². The highest BCUT2D eigenvalue weighted by molar-refractivity contribution is 7.89. The van der Waals surface area contributed by atoms with E-state index in [-0.39, 0.29) is 22.6 Å². The van der Waals surface area contributed by atoms with E-state index in [2.05, 4.69) is 4.90 Å². The highest BCUT2D eigenvalue weighted by Crippen LogP contribution is 2.53. The van der Waals surface area contributed by atoms with E-state index >= 15 is 0 Å². The molecular formula is C27H30N4O7S. The van der Waals surface area contributed by atoms with Crippen molar-refractivity contribution in [3.63, 3.8) is 0 Å². The van der Waals surface area contributed by atoms with Crippen molar-refractivity contribution in [2.24, 2.45) is 0 Å². The van der Waals surface area contributed by atoms with E-state index in [0.717, 1.165) is 4.31 Å². The van der Waals surface area contributed by atoms with Crippen molar-refractivity contribution in [3.8, 4) is 0 Å².